The Hall–Kier alpha value is -2.31. The van der Waals surface area contributed by atoms with Crippen molar-refractivity contribution < 1.29 is 14.3 Å². The van der Waals surface area contributed by atoms with Crippen LogP contribution in [0.3, 0.4) is 0 Å². The van der Waals surface area contributed by atoms with Gasteiger partial charge in [0.25, 0.3) is 5.91 Å². The number of benzene rings is 2. The van der Waals surface area contributed by atoms with Crippen LogP contribution >= 0.6 is 11.8 Å². The maximum absolute atomic E-state index is 12.7. The van der Waals surface area contributed by atoms with E-state index in [2.05, 4.69) is 22.8 Å². The van der Waals surface area contributed by atoms with E-state index in [-0.39, 0.29) is 17.6 Å². The summed E-state index contributed by atoms with van der Waals surface area (Å²) < 4.78 is 4.92. The lowest BCUT2D eigenvalue weighted by atomic mass is 10.1. The number of ether oxygens (including phenoxy) is 1. The Kier molecular flexibility index (Phi) is 6.90. The van der Waals surface area contributed by atoms with E-state index in [4.69, 9.17) is 4.74 Å². The molecule has 0 atom stereocenters. The van der Waals surface area contributed by atoms with Gasteiger partial charge in [-0.15, -0.1) is 11.8 Å². The molecule has 3 rings (SSSR count). The summed E-state index contributed by atoms with van der Waals surface area (Å²) >= 11 is 1.36. The number of carbonyl (C=O) groups excluding carboxylic acids is 2. The average molecular weight is 385 g/mol. The van der Waals surface area contributed by atoms with Gasteiger partial charge in [0.2, 0.25) is 5.91 Å². The summed E-state index contributed by atoms with van der Waals surface area (Å²) in [5.74, 6) is 0.0223. The van der Waals surface area contributed by atoms with Gasteiger partial charge in [0.1, 0.15) is 0 Å². The molecular formula is C21H24N2O3S. The van der Waals surface area contributed by atoms with Crippen molar-refractivity contribution in [3.8, 4) is 0 Å². The van der Waals surface area contributed by atoms with Crippen molar-refractivity contribution in [2.24, 2.45) is 0 Å². The Morgan fingerprint density at radius 3 is 2.78 bits per heavy atom. The molecule has 0 saturated heterocycles. The van der Waals surface area contributed by atoms with Crippen molar-refractivity contribution in [3.05, 3.63) is 59.2 Å². The number of anilines is 1. The van der Waals surface area contributed by atoms with E-state index in [0.29, 0.717) is 18.7 Å². The van der Waals surface area contributed by atoms with Gasteiger partial charge in [0, 0.05) is 24.2 Å². The lowest BCUT2D eigenvalue weighted by Gasteiger charge is -2.11. The summed E-state index contributed by atoms with van der Waals surface area (Å²) in [5, 5.41) is 5.77. The minimum Gasteiger partial charge on any atom is -0.383 e. The number of aryl methyl sites for hydroxylation is 2. The van der Waals surface area contributed by atoms with Crippen molar-refractivity contribution in [2.45, 2.75) is 24.2 Å². The van der Waals surface area contributed by atoms with Crippen LogP contribution < -0.4 is 10.6 Å². The Balaban J connectivity index is 1.62. The van der Waals surface area contributed by atoms with Crippen LogP contribution in [0.2, 0.25) is 0 Å². The summed E-state index contributed by atoms with van der Waals surface area (Å²) in [6.45, 7) is 0.965. The fourth-order valence-corrected chi connectivity index (χ4v) is 3.99. The lowest BCUT2D eigenvalue weighted by Crippen LogP contribution is -2.28. The molecule has 142 valence electrons. The molecule has 1 aliphatic rings. The summed E-state index contributed by atoms with van der Waals surface area (Å²) in [7, 11) is 1.59. The van der Waals surface area contributed by atoms with Crippen molar-refractivity contribution in [2.75, 3.05) is 31.3 Å². The van der Waals surface area contributed by atoms with Crippen molar-refractivity contribution in [1.82, 2.24) is 5.32 Å². The Bertz CT molecular complexity index is 823. The first-order valence-corrected chi connectivity index (χ1v) is 10.1. The third-order valence-corrected chi connectivity index (χ3v) is 5.55. The van der Waals surface area contributed by atoms with E-state index in [1.54, 1.807) is 13.2 Å². The molecule has 2 aromatic rings. The number of nitrogens with one attached hydrogen (secondary N) is 2. The number of amides is 2. The van der Waals surface area contributed by atoms with Gasteiger partial charge in [-0.25, -0.2) is 0 Å². The van der Waals surface area contributed by atoms with Crippen molar-refractivity contribution in [1.29, 1.82) is 0 Å². The molecule has 6 heteroatoms. The van der Waals surface area contributed by atoms with Crippen LogP contribution in [0.5, 0.6) is 0 Å². The number of rotatable bonds is 8. The van der Waals surface area contributed by atoms with Crippen LogP contribution in [0.4, 0.5) is 5.69 Å². The van der Waals surface area contributed by atoms with E-state index < -0.39 is 0 Å². The Morgan fingerprint density at radius 2 is 1.93 bits per heavy atom. The quantitative estimate of drug-likeness (QED) is 0.541. The van der Waals surface area contributed by atoms with Gasteiger partial charge in [0.05, 0.1) is 17.9 Å². The molecule has 0 unspecified atom stereocenters. The largest absolute Gasteiger partial charge is 0.383 e. The first-order chi connectivity index (χ1) is 13.2. The van der Waals surface area contributed by atoms with Gasteiger partial charge in [0.15, 0.2) is 0 Å². The third kappa shape index (κ3) is 5.34. The van der Waals surface area contributed by atoms with Crippen LogP contribution in [0, 0.1) is 0 Å². The third-order valence-electron chi connectivity index (χ3n) is 4.48. The zero-order valence-corrected chi connectivity index (χ0v) is 16.2. The summed E-state index contributed by atoms with van der Waals surface area (Å²) in [6.07, 6.45) is 3.37. The number of hydrogen-bond donors (Lipinski definition) is 2. The van der Waals surface area contributed by atoms with Gasteiger partial charge in [-0.3, -0.25) is 9.59 Å². The van der Waals surface area contributed by atoms with Crippen LogP contribution in [0.25, 0.3) is 0 Å². The average Bonchev–Trinajstić information content (AvgIpc) is 3.14. The second-order valence-corrected chi connectivity index (χ2v) is 7.44. The van der Waals surface area contributed by atoms with Gasteiger partial charge >= 0.3 is 0 Å². The van der Waals surface area contributed by atoms with E-state index in [1.807, 2.05) is 24.3 Å². The van der Waals surface area contributed by atoms with Crippen molar-refractivity contribution >= 4 is 29.3 Å². The first-order valence-electron chi connectivity index (χ1n) is 9.08. The molecule has 0 radical (unpaired) electrons. The predicted octanol–water partition coefficient (Wildman–Crippen LogP) is 3.28. The highest BCUT2D eigenvalue weighted by atomic mass is 32.2. The summed E-state index contributed by atoms with van der Waals surface area (Å²) in [6, 6.07) is 13.5. The smallest absolute Gasteiger partial charge is 0.256 e. The normalized spacial score (nSPS) is 12.5. The van der Waals surface area contributed by atoms with Gasteiger partial charge in [-0.05, 0) is 54.7 Å². The molecule has 1 aliphatic carbocycles. The molecule has 5 nitrogen and oxygen atoms in total. The molecule has 2 N–H and O–H groups in total. The molecule has 0 spiro atoms. The zero-order chi connectivity index (χ0) is 19.1. The molecule has 0 aromatic heterocycles. The van der Waals surface area contributed by atoms with Crippen LogP contribution in [-0.2, 0) is 22.4 Å². The molecule has 2 amide bonds. The van der Waals surface area contributed by atoms with Crippen LogP contribution in [0.1, 0.15) is 27.9 Å². The lowest BCUT2D eigenvalue weighted by molar-refractivity contribution is -0.118. The van der Waals surface area contributed by atoms with Crippen LogP contribution in [-0.4, -0.2) is 37.8 Å². The van der Waals surface area contributed by atoms with Crippen molar-refractivity contribution in [3.63, 3.8) is 0 Å². The number of hydrogen-bond acceptors (Lipinski definition) is 4. The Labute approximate surface area is 163 Å². The van der Waals surface area contributed by atoms with Gasteiger partial charge in [-0.1, -0.05) is 18.2 Å². The molecule has 0 fully saturated rings. The monoisotopic (exact) mass is 384 g/mol. The highest BCUT2D eigenvalue weighted by Crippen LogP contribution is 2.27. The summed E-state index contributed by atoms with van der Waals surface area (Å²) in [4.78, 5) is 25.4. The minimum absolute atomic E-state index is 0.0779. The highest BCUT2D eigenvalue weighted by molar-refractivity contribution is 8.00. The second kappa shape index (κ2) is 9.58. The first kappa shape index (κ1) is 19.5. The molecular weight excluding hydrogens is 360 g/mol. The fourth-order valence-electron chi connectivity index (χ4n) is 3.11. The minimum atomic E-state index is -0.157. The predicted molar refractivity (Wildman–Crippen MR) is 108 cm³/mol. The molecule has 2 aromatic carbocycles. The maximum atomic E-state index is 12.7. The van der Waals surface area contributed by atoms with Gasteiger partial charge < -0.3 is 15.4 Å². The Morgan fingerprint density at radius 1 is 1.11 bits per heavy atom. The number of thioether (sulfide) groups is 1. The second-order valence-electron chi connectivity index (χ2n) is 6.42. The zero-order valence-electron chi connectivity index (χ0n) is 15.4. The fraction of sp³-hybridized carbons (Fsp3) is 0.333. The maximum Gasteiger partial charge on any atom is 0.256 e. The van der Waals surface area contributed by atoms with Gasteiger partial charge in [-0.2, -0.15) is 0 Å². The number of fused-ring (bicyclic) bond motifs is 1. The topological polar surface area (TPSA) is 67.4 Å². The SMILES string of the molecule is COCCNC(=O)CSc1ccccc1C(=O)Nc1ccc2c(c1)CCC2. The molecule has 0 aliphatic heterocycles. The summed E-state index contributed by atoms with van der Waals surface area (Å²) in [5.41, 5.74) is 4.09. The standard InChI is InChI=1S/C21H24N2O3S/c1-26-12-11-22-20(24)14-27-19-8-3-2-7-18(19)21(25)23-17-10-9-15-5-4-6-16(15)13-17/h2-3,7-10,13H,4-6,11-12,14H2,1H3,(H,22,24)(H,23,25). The molecule has 27 heavy (non-hydrogen) atoms. The number of methoxy groups -OCH3 is 1. The molecule has 0 saturated carbocycles. The van der Waals surface area contributed by atoms with E-state index >= 15 is 0 Å². The highest BCUT2D eigenvalue weighted by Gasteiger charge is 2.15. The van der Waals surface area contributed by atoms with E-state index in [9.17, 15) is 9.59 Å². The van der Waals surface area contributed by atoms with Crippen LogP contribution in [0.15, 0.2) is 47.4 Å². The molecule has 0 bridgehead atoms. The van der Waals surface area contributed by atoms with E-state index in [0.717, 1.165) is 23.4 Å². The number of carbonyl (C=O) groups is 2. The van der Waals surface area contributed by atoms with E-state index in [1.165, 1.54) is 29.3 Å². The molecule has 0 heterocycles.